The van der Waals surface area contributed by atoms with Crippen LogP contribution < -0.4 is 4.90 Å². The van der Waals surface area contributed by atoms with Crippen molar-refractivity contribution in [1.82, 2.24) is 0 Å². The van der Waals surface area contributed by atoms with Gasteiger partial charge in [0.1, 0.15) is 11.2 Å². The second-order valence-corrected chi connectivity index (χ2v) is 18.1. The molecule has 2 heteroatoms. The van der Waals surface area contributed by atoms with Crippen LogP contribution in [-0.4, -0.2) is 0 Å². The van der Waals surface area contributed by atoms with Crippen molar-refractivity contribution in [1.29, 1.82) is 0 Å². The number of para-hydroxylation sites is 2. The molecule has 0 aliphatic heterocycles. The van der Waals surface area contributed by atoms with Crippen molar-refractivity contribution in [3.05, 3.63) is 222 Å². The SMILES string of the molecule is CC1(C)c2ccccc2-c2c1cc1c(c2N(c2ccc(-c3ccccc3)cc2)c2ccc(-c3cccc4c3oc3ccccc34)cc2)-c2ccc(-c3ccccc3)cc2C1(C)C. The van der Waals surface area contributed by atoms with E-state index >= 15 is 0 Å². The molecule has 2 nitrogen and oxygen atoms in total. The molecule has 0 saturated carbocycles. The van der Waals surface area contributed by atoms with Crippen LogP contribution >= 0.6 is 0 Å². The Balaban J connectivity index is 1.12. The summed E-state index contributed by atoms with van der Waals surface area (Å²) >= 11 is 0. The van der Waals surface area contributed by atoms with E-state index in [0.717, 1.165) is 44.4 Å². The first-order valence-electron chi connectivity index (χ1n) is 21.8. The van der Waals surface area contributed by atoms with Crippen molar-refractivity contribution in [3.8, 4) is 55.6 Å². The van der Waals surface area contributed by atoms with Crippen LogP contribution in [0.2, 0.25) is 0 Å². The third-order valence-corrected chi connectivity index (χ3v) is 13.9. The quantitative estimate of drug-likeness (QED) is 0.167. The maximum atomic E-state index is 6.53. The molecule has 62 heavy (non-hydrogen) atoms. The van der Waals surface area contributed by atoms with Crippen LogP contribution in [0.5, 0.6) is 0 Å². The number of anilines is 3. The van der Waals surface area contributed by atoms with E-state index in [2.05, 4.69) is 227 Å². The lowest BCUT2D eigenvalue weighted by Gasteiger charge is -2.33. The minimum atomic E-state index is -0.248. The van der Waals surface area contributed by atoms with E-state index in [0.29, 0.717) is 0 Å². The molecule has 0 saturated heterocycles. The zero-order chi connectivity index (χ0) is 41.7. The van der Waals surface area contributed by atoms with Gasteiger partial charge >= 0.3 is 0 Å². The first-order valence-corrected chi connectivity index (χ1v) is 21.8. The van der Waals surface area contributed by atoms with Gasteiger partial charge in [0.15, 0.2) is 0 Å². The molecular weight excluding hydrogens is 751 g/mol. The smallest absolute Gasteiger partial charge is 0.143 e. The fourth-order valence-electron chi connectivity index (χ4n) is 10.7. The summed E-state index contributed by atoms with van der Waals surface area (Å²) in [6.07, 6.45) is 0. The van der Waals surface area contributed by atoms with Crippen molar-refractivity contribution < 1.29 is 4.42 Å². The van der Waals surface area contributed by atoms with E-state index in [1.54, 1.807) is 0 Å². The summed E-state index contributed by atoms with van der Waals surface area (Å²) in [4.78, 5) is 2.55. The topological polar surface area (TPSA) is 16.4 Å². The fraction of sp³-hybridized carbons (Fsp3) is 0.100. The second-order valence-electron chi connectivity index (χ2n) is 18.1. The highest BCUT2D eigenvalue weighted by Gasteiger charge is 2.45. The maximum absolute atomic E-state index is 6.53. The number of hydrogen-bond acceptors (Lipinski definition) is 2. The highest BCUT2D eigenvalue weighted by Crippen LogP contribution is 2.63. The van der Waals surface area contributed by atoms with Gasteiger partial charge in [-0.2, -0.15) is 0 Å². The zero-order valence-corrected chi connectivity index (χ0v) is 35.4. The second kappa shape index (κ2) is 13.5. The van der Waals surface area contributed by atoms with Gasteiger partial charge in [0.2, 0.25) is 0 Å². The van der Waals surface area contributed by atoms with E-state index in [1.165, 1.54) is 72.4 Å². The van der Waals surface area contributed by atoms with Gasteiger partial charge in [0.05, 0.1) is 5.69 Å². The first kappa shape index (κ1) is 36.4. The Bertz CT molecular complexity index is 3370. The molecule has 0 amide bonds. The van der Waals surface area contributed by atoms with Gasteiger partial charge in [-0.25, -0.2) is 0 Å². The van der Waals surface area contributed by atoms with Crippen molar-refractivity contribution in [2.24, 2.45) is 0 Å². The molecule has 1 heterocycles. The zero-order valence-electron chi connectivity index (χ0n) is 35.4. The molecule has 0 radical (unpaired) electrons. The molecule has 2 aliphatic rings. The molecule has 0 unspecified atom stereocenters. The van der Waals surface area contributed by atoms with E-state index < -0.39 is 0 Å². The molecule has 12 rings (SSSR count). The average molecular weight is 796 g/mol. The van der Waals surface area contributed by atoms with Gasteiger partial charge in [0.25, 0.3) is 0 Å². The van der Waals surface area contributed by atoms with Crippen LogP contribution in [0.4, 0.5) is 17.1 Å². The van der Waals surface area contributed by atoms with Crippen LogP contribution in [0.1, 0.15) is 49.9 Å². The number of furan rings is 1. The van der Waals surface area contributed by atoms with Crippen LogP contribution in [0.3, 0.4) is 0 Å². The van der Waals surface area contributed by atoms with Gasteiger partial charge in [-0.05, 0) is 97.6 Å². The van der Waals surface area contributed by atoms with Gasteiger partial charge in [-0.15, -0.1) is 0 Å². The summed E-state index contributed by atoms with van der Waals surface area (Å²) in [5, 5.41) is 2.27. The summed E-state index contributed by atoms with van der Waals surface area (Å²) in [5.74, 6) is 0. The van der Waals surface area contributed by atoms with E-state index in [9.17, 15) is 0 Å². The molecule has 0 spiro atoms. The maximum Gasteiger partial charge on any atom is 0.143 e. The van der Waals surface area contributed by atoms with Crippen molar-refractivity contribution >= 4 is 39.0 Å². The Morgan fingerprint density at radius 2 is 0.855 bits per heavy atom. The number of fused-ring (bicyclic) bond motifs is 9. The summed E-state index contributed by atoms with van der Waals surface area (Å²) in [6.45, 7) is 9.65. The Hall–Kier alpha value is -7.42. The van der Waals surface area contributed by atoms with Crippen LogP contribution in [-0.2, 0) is 10.8 Å². The monoisotopic (exact) mass is 795 g/mol. The van der Waals surface area contributed by atoms with Crippen molar-refractivity contribution in [2.75, 3.05) is 4.90 Å². The minimum Gasteiger partial charge on any atom is -0.455 e. The normalized spacial score (nSPS) is 14.1. The largest absolute Gasteiger partial charge is 0.455 e. The summed E-state index contributed by atoms with van der Waals surface area (Å²) in [6, 6.07) is 73.4. The predicted molar refractivity (Wildman–Crippen MR) is 260 cm³/mol. The lowest BCUT2D eigenvalue weighted by molar-refractivity contribution is 0.639. The molecule has 0 fully saturated rings. The lowest BCUT2D eigenvalue weighted by Crippen LogP contribution is -2.20. The van der Waals surface area contributed by atoms with Crippen LogP contribution in [0, 0.1) is 0 Å². The number of rotatable bonds is 6. The summed E-state index contributed by atoms with van der Waals surface area (Å²) < 4.78 is 6.53. The molecule has 0 N–H and O–H groups in total. The number of hydrogen-bond donors (Lipinski definition) is 0. The minimum absolute atomic E-state index is 0.201. The lowest BCUT2D eigenvalue weighted by atomic mass is 9.77. The van der Waals surface area contributed by atoms with Crippen molar-refractivity contribution in [2.45, 2.75) is 38.5 Å². The van der Waals surface area contributed by atoms with Crippen LogP contribution in [0.15, 0.2) is 205 Å². The molecule has 2 aliphatic carbocycles. The van der Waals surface area contributed by atoms with Gasteiger partial charge in [0, 0.05) is 49.7 Å². The summed E-state index contributed by atoms with van der Waals surface area (Å²) in [5.41, 5.74) is 22.6. The van der Waals surface area contributed by atoms with Crippen LogP contribution in [0.25, 0.3) is 77.6 Å². The standard InChI is InChI=1S/C60H45NO/c1-59(2)50-24-13-11-21-48(50)55-52(59)37-53-56(49-35-30-42(36-51(49)60(53,3)4)39-18-9-6-10-19-39)57(55)61(43-31-26-40(27-32-43)38-16-7-5-8-17-38)44-33-28-41(29-34-44)45-22-15-23-47-46-20-12-14-25-54(46)62-58(45)47/h5-37H,1-4H3. The van der Waals surface area contributed by atoms with Gasteiger partial charge < -0.3 is 9.32 Å². The molecule has 1 aromatic heterocycles. The highest BCUT2D eigenvalue weighted by atomic mass is 16.3. The number of benzene rings is 9. The summed E-state index contributed by atoms with van der Waals surface area (Å²) in [7, 11) is 0. The molecule has 10 aromatic rings. The van der Waals surface area contributed by atoms with E-state index in [-0.39, 0.29) is 10.8 Å². The molecule has 0 atom stereocenters. The molecule has 9 aromatic carbocycles. The Morgan fingerprint density at radius 3 is 1.55 bits per heavy atom. The highest BCUT2D eigenvalue weighted by molar-refractivity contribution is 6.10. The average Bonchev–Trinajstić information content (AvgIpc) is 3.89. The Morgan fingerprint density at radius 1 is 0.355 bits per heavy atom. The molecular formula is C60H45NO. The Labute approximate surface area is 363 Å². The number of nitrogens with zero attached hydrogens (tertiary/aromatic N) is 1. The van der Waals surface area contributed by atoms with Crippen molar-refractivity contribution in [3.63, 3.8) is 0 Å². The van der Waals surface area contributed by atoms with E-state index in [4.69, 9.17) is 4.42 Å². The molecule has 296 valence electrons. The van der Waals surface area contributed by atoms with E-state index in [1.807, 2.05) is 6.07 Å². The van der Waals surface area contributed by atoms with Gasteiger partial charge in [-0.1, -0.05) is 191 Å². The predicted octanol–water partition coefficient (Wildman–Crippen LogP) is 16.7. The Kier molecular flexibility index (Phi) is 7.96. The fourth-order valence-corrected chi connectivity index (χ4v) is 10.7. The van der Waals surface area contributed by atoms with Gasteiger partial charge in [-0.3, -0.25) is 0 Å². The third kappa shape index (κ3) is 5.36. The molecule has 0 bridgehead atoms. The first-order chi connectivity index (χ1) is 30.3. The third-order valence-electron chi connectivity index (χ3n) is 13.9.